The molecule has 0 bridgehead atoms. The zero-order valence-electron chi connectivity index (χ0n) is 12.6. The molecule has 0 amide bonds. The summed E-state index contributed by atoms with van der Waals surface area (Å²) in [5.41, 5.74) is 0. The minimum absolute atomic E-state index is 0. The Morgan fingerprint density at radius 3 is 1.78 bits per heavy atom. The van der Waals surface area contributed by atoms with Crippen molar-refractivity contribution in [1.82, 2.24) is 0 Å². The van der Waals surface area contributed by atoms with E-state index < -0.39 is 0 Å². The molecular formula is C12H28ClN3SZr. The van der Waals surface area contributed by atoms with Gasteiger partial charge in [0.05, 0.1) is 0 Å². The molecular weight excluding hydrogens is 345 g/mol. The smallest absolute Gasteiger partial charge is 0.668 e. The van der Waals surface area contributed by atoms with Crippen LogP contribution in [0.5, 0.6) is 0 Å². The Bertz CT molecular complexity index is 132. The molecule has 0 aromatic rings. The van der Waals surface area contributed by atoms with Crippen LogP contribution in [0, 0.1) is 13.3 Å². The van der Waals surface area contributed by atoms with Gasteiger partial charge in [-0.05, 0) is 24.5 Å². The van der Waals surface area contributed by atoms with Crippen molar-refractivity contribution in [2.75, 3.05) is 41.0 Å². The van der Waals surface area contributed by atoms with E-state index in [1.165, 1.54) is 19.3 Å². The van der Waals surface area contributed by atoms with E-state index in [-0.39, 0.29) is 33.6 Å². The number of hydrogen-bond acceptors (Lipinski definition) is 1. The molecule has 3 nitrogen and oxygen atoms in total. The van der Waals surface area contributed by atoms with Crippen molar-refractivity contribution in [3.8, 4) is 0 Å². The second-order valence-electron chi connectivity index (χ2n) is 3.58. The summed E-state index contributed by atoms with van der Waals surface area (Å²) in [4.78, 5) is 0. The molecule has 6 heteroatoms. The van der Waals surface area contributed by atoms with Gasteiger partial charge in [-0.25, -0.2) is 0 Å². The molecule has 1 aliphatic carbocycles. The molecule has 0 aliphatic heterocycles. The topological polar surface area (TPSA) is 42.3 Å². The Balaban J connectivity index is -0.000000106. The van der Waals surface area contributed by atoms with E-state index in [4.69, 9.17) is 11.6 Å². The zero-order chi connectivity index (χ0) is 12.8. The maximum Gasteiger partial charge on any atom is 4.00 e. The van der Waals surface area contributed by atoms with E-state index in [0.29, 0.717) is 5.38 Å². The zero-order valence-corrected chi connectivity index (χ0v) is 16.6. The van der Waals surface area contributed by atoms with Gasteiger partial charge < -0.3 is 22.8 Å². The Kier molecular flexibility index (Phi) is 36.1. The third-order valence-corrected chi connectivity index (χ3v) is 3.39. The quantitative estimate of drug-likeness (QED) is 0.401. The largest absolute Gasteiger partial charge is 4.00 e. The molecule has 0 saturated heterocycles. The first-order valence-electron chi connectivity index (χ1n) is 5.48. The van der Waals surface area contributed by atoms with Gasteiger partial charge in [-0.1, -0.05) is 6.42 Å². The van der Waals surface area contributed by atoms with Gasteiger partial charge in [0.2, 0.25) is 0 Å². The summed E-state index contributed by atoms with van der Waals surface area (Å²) in [6.07, 6.45) is 3.82. The van der Waals surface area contributed by atoms with E-state index in [2.05, 4.69) is 15.4 Å². The summed E-state index contributed by atoms with van der Waals surface area (Å²) < 4.78 is 3.99. The minimum Gasteiger partial charge on any atom is -0.668 e. The molecule has 0 radical (unpaired) electrons. The van der Waals surface area contributed by atoms with Crippen molar-refractivity contribution in [2.24, 2.45) is 5.92 Å². The molecule has 0 aromatic carbocycles. The van der Waals surface area contributed by atoms with Crippen molar-refractivity contribution >= 4 is 23.5 Å². The van der Waals surface area contributed by atoms with Crippen LogP contribution in [0.1, 0.15) is 19.3 Å². The van der Waals surface area contributed by atoms with Crippen molar-refractivity contribution in [3.63, 3.8) is 0 Å². The number of nitrogens with zero attached hydrogens (tertiary/aromatic N) is 3. The van der Waals surface area contributed by atoms with Gasteiger partial charge in [-0.15, -0.1) is 11.6 Å². The SMILES string of the molecule is C[N-]C.C[N-]C.C[N-]SCC1CCCC1Cl.[CH3-].[Zr+4]. The van der Waals surface area contributed by atoms with E-state index in [1.807, 2.05) is 7.05 Å². The van der Waals surface area contributed by atoms with Crippen LogP contribution in [0.2, 0.25) is 0 Å². The average molecular weight is 373 g/mol. The van der Waals surface area contributed by atoms with Gasteiger partial charge in [-0.3, -0.25) is 11.9 Å². The molecule has 18 heavy (non-hydrogen) atoms. The van der Waals surface area contributed by atoms with Crippen molar-refractivity contribution in [2.45, 2.75) is 24.6 Å². The minimum atomic E-state index is 0. The van der Waals surface area contributed by atoms with Gasteiger partial charge in [0.1, 0.15) is 0 Å². The molecule has 0 aromatic heterocycles. The second-order valence-corrected chi connectivity index (χ2v) is 5.10. The second kappa shape index (κ2) is 23.5. The van der Waals surface area contributed by atoms with Crippen LogP contribution in [0.15, 0.2) is 0 Å². The molecule has 1 aliphatic rings. The molecule has 0 spiro atoms. The first-order chi connectivity index (χ1) is 7.67. The van der Waals surface area contributed by atoms with Crippen LogP contribution in [0.4, 0.5) is 0 Å². The van der Waals surface area contributed by atoms with Gasteiger partial charge in [-0.2, -0.15) is 35.2 Å². The standard InChI is InChI=1S/C7H13ClNS.2C2H6N.CH3.Zr/c1-9-10-5-6-3-2-4-7(6)8;2*1-3-2;;/h6-7H,2-5H2,1H3;2*1-2H3;1H3;/q4*-1;+4. The van der Waals surface area contributed by atoms with Crippen LogP contribution in [-0.2, 0) is 26.2 Å². The predicted molar refractivity (Wildman–Crippen MR) is 85.6 cm³/mol. The number of hydrogen-bond donors (Lipinski definition) is 0. The predicted octanol–water partition coefficient (Wildman–Crippen LogP) is 4.73. The monoisotopic (exact) mass is 371 g/mol. The maximum atomic E-state index is 6.06. The normalized spacial score (nSPS) is 20.3. The van der Waals surface area contributed by atoms with Crippen LogP contribution in [-0.4, -0.2) is 46.4 Å². The summed E-state index contributed by atoms with van der Waals surface area (Å²) in [6.45, 7) is 0. The first-order valence-corrected chi connectivity index (χ1v) is 6.86. The van der Waals surface area contributed by atoms with Gasteiger partial charge in [0.15, 0.2) is 0 Å². The molecule has 1 saturated carbocycles. The van der Waals surface area contributed by atoms with E-state index in [9.17, 15) is 0 Å². The van der Waals surface area contributed by atoms with Gasteiger partial charge in [0.25, 0.3) is 0 Å². The summed E-state index contributed by atoms with van der Waals surface area (Å²) in [6, 6.07) is 0. The fraction of sp³-hybridized carbons (Fsp3) is 0.917. The van der Waals surface area contributed by atoms with Crippen molar-refractivity contribution in [3.05, 3.63) is 22.8 Å². The van der Waals surface area contributed by atoms with Crippen LogP contribution >= 0.6 is 23.5 Å². The van der Waals surface area contributed by atoms with E-state index >= 15 is 0 Å². The van der Waals surface area contributed by atoms with Crippen LogP contribution in [0.3, 0.4) is 0 Å². The fourth-order valence-electron chi connectivity index (χ4n) is 1.35. The van der Waals surface area contributed by atoms with E-state index in [1.54, 1.807) is 40.1 Å². The van der Waals surface area contributed by atoms with Crippen molar-refractivity contribution in [1.29, 1.82) is 0 Å². The fourth-order valence-corrected chi connectivity index (χ4v) is 2.56. The number of halogens is 1. The summed E-state index contributed by atoms with van der Waals surface area (Å²) in [5, 5.41) is 7.43. The molecule has 108 valence electrons. The third kappa shape index (κ3) is 19.7. The van der Waals surface area contributed by atoms with Gasteiger partial charge in [0, 0.05) is 5.38 Å². The third-order valence-electron chi connectivity index (χ3n) is 1.98. The Hall–Kier alpha value is 1.40. The summed E-state index contributed by atoms with van der Waals surface area (Å²) >= 11 is 7.71. The van der Waals surface area contributed by atoms with E-state index in [0.717, 1.165) is 11.7 Å². The average Bonchev–Trinajstić information content (AvgIpc) is 2.63. The first kappa shape index (κ1) is 27.7. The van der Waals surface area contributed by atoms with Crippen LogP contribution < -0.4 is 0 Å². The molecule has 2 unspecified atom stereocenters. The Morgan fingerprint density at radius 1 is 1.06 bits per heavy atom. The Labute approximate surface area is 143 Å². The molecule has 2 atom stereocenters. The summed E-state index contributed by atoms with van der Waals surface area (Å²) in [7, 11) is 8.84. The summed E-state index contributed by atoms with van der Waals surface area (Å²) in [5.74, 6) is 1.83. The number of rotatable bonds is 3. The Morgan fingerprint density at radius 2 is 1.50 bits per heavy atom. The van der Waals surface area contributed by atoms with Crippen LogP contribution in [0.25, 0.3) is 15.4 Å². The van der Waals surface area contributed by atoms with Gasteiger partial charge >= 0.3 is 26.2 Å². The number of alkyl halides is 1. The van der Waals surface area contributed by atoms with Crippen molar-refractivity contribution < 1.29 is 26.2 Å². The molecule has 1 fully saturated rings. The maximum absolute atomic E-state index is 6.06. The molecule has 1 rings (SSSR count). The molecule has 0 N–H and O–H groups in total. The molecule has 0 heterocycles.